The number of fused-ring (bicyclic) bond motifs is 1. The quantitative estimate of drug-likeness (QED) is 0.674. The standard InChI is InChI=1S/C17H13F3N2O3/c1-24-12-7-8-14-13(9-12)15(16(23)25-2)21-22(14)11-5-3-10(4-6-11)17(18,19)20/h3-9H,1-2H3. The van der Waals surface area contributed by atoms with Gasteiger partial charge in [0.2, 0.25) is 0 Å². The minimum atomic E-state index is -4.42. The number of esters is 1. The monoisotopic (exact) mass is 350 g/mol. The Labute approximate surface area is 140 Å². The van der Waals surface area contributed by atoms with E-state index in [0.717, 1.165) is 12.1 Å². The van der Waals surface area contributed by atoms with Crippen molar-refractivity contribution in [3.63, 3.8) is 0 Å². The Bertz CT molecular complexity index is 931. The lowest BCUT2D eigenvalue weighted by atomic mass is 10.2. The van der Waals surface area contributed by atoms with Gasteiger partial charge in [-0.25, -0.2) is 9.48 Å². The first-order valence-electron chi connectivity index (χ1n) is 7.18. The summed E-state index contributed by atoms with van der Waals surface area (Å²) in [6.07, 6.45) is -4.42. The van der Waals surface area contributed by atoms with Gasteiger partial charge in [-0.3, -0.25) is 0 Å². The topological polar surface area (TPSA) is 53.3 Å². The summed E-state index contributed by atoms with van der Waals surface area (Å²) in [4.78, 5) is 12.0. The number of carbonyl (C=O) groups is 1. The van der Waals surface area contributed by atoms with Crippen LogP contribution in [0.3, 0.4) is 0 Å². The van der Waals surface area contributed by atoms with E-state index in [1.807, 2.05) is 0 Å². The highest BCUT2D eigenvalue weighted by atomic mass is 19.4. The number of aromatic nitrogens is 2. The van der Waals surface area contributed by atoms with Crippen LogP contribution < -0.4 is 4.74 Å². The molecule has 1 aromatic heterocycles. The number of benzene rings is 2. The van der Waals surface area contributed by atoms with Crippen molar-refractivity contribution in [2.24, 2.45) is 0 Å². The fourth-order valence-electron chi connectivity index (χ4n) is 2.46. The van der Waals surface area contributed by atoms with Crippen molar-refractivity contribution in [2.45, 2.75) is 6.18 Å². The highest BCUT2D eigenvalue weighted by Crippen LogP contribution is 2.31. The van der Waals surface area contributed by atoms with Crippen LogP contribution >= 0.6 is 0 Å². The molecule has 0 unspecified atom stereocenters. The lowest BCUT2D eigenvalue weighted by molar-refractivity contribution is -0.137. The Morgan fingerprint density at radius 3 is 2.32 bits per heavy atom. The molecule has 1 heterocycles. The molecule has 0 aliphatic carbocycles. The van der Waals surface area contributed by atoms with Crippen LogP contribution in [-0.2, 0) is 10.9 Å². The number of methoxy groups -OCH3 is 2. The first kappa shape index (κ1) is 16.8. The number of hydrogen-bond acceptors (Lipinski definition) is 4. The van der Waals surface area contributed by atoms with Crippen molar-refractivity contribution in [1.82, 2.24) is 9.78 Å². The van der Waals surface area contributed by atoms with Crippen molar-refractivity contribution >= 4 is 16.9 Å². The molecule has 5 nitrogen and oxygen atoms in total. The summed E-state index contributed by atoms with van der Waals surface area (Å²) < 4.78 is 49.4. The van der Waals surface area contributed by atoms with Gasteiger partial charge < -0.3 is 9.47 Å². The van der Waals surface area contributed by atoms with E-state index >= 15 is 0 Å². The molecule has 0 bridgehead atoms. The fourth-order valence-corrected chi connectivity index (χ4v) is 2.46. The molecule has 0 amide bonds. The number of rotatable bonds is 3. The molecule has 0 fully saturated rings. The third-order valence-corrected chi connectivity index (χ3v) is 3.70. The maximum Gasteiger partial charge on any atom is 0.416 e. The Hall–Kier alpha value is -3.03. The highest BCUT2D eigenvalue weighted by molar-refractivity contribution is 6.03. The van der Waals surface area contributed by atoms with Gasteiger partial charge in [-0.05, 0) is 42.5 Å². The molecule has 130 valence electrons. The number of nitrogens with zero attached hydrogens (tertiary/aromatic N) is 2. The third-order valence-electron chi connectivity index (χ3n) is 3.70. The smallest absolute Gasteiger partial charge is 0.416 e. The van der Waals surface area contributed by atoms with Gasteiger partial charge in [0.15, 0.2) is 5.69 Å². The van der Waals surface area contributed by atoms with Crippen molar-refractivity contribution in [1.29, 1.82) is 0 Å². The van der Waals surface area contributed by atoms with Crippen LogP contribution in [0, 0.1) is 0 Å². The summed E-state index contributed by atoms with van der Waals surface area (Å²) in [7, 11) is 2.71. The van der Waals surface area contributed by atoms with Gasteiger partial charge in [-0.2, -0.15) is 18.3 Å². The van der Waals surface area contributed by atoms with Crippen LogP contribution in [0.5, 0.6) is 5.75 Å². The molecule has 0 aliphatic heterocycles. The zero-order valence-electron chi connectivity index (χ0n) is 13.3. The van der Waals surface area contributed by atoms with Gasteiger partial charge in [0.05, 0.1) is 31.0 Å². The van der Waals surface area contributed by atoms with E-state index in [1.54, 1.807) is 18.2 Å². The predicted molar refractivity (Wildman–Crippen MR) is 84.0 cm³/mol. The van der Waals surface area contributed by atoms with Crippen LogP contribution in [0.15, 0.2) is 42.5 Å². The molecule has 8 heteroatoms. The van der Waals surface area contributed by atoms with Crippen LogP contribution in [-0.4, -0.2) is 30.0 Å². The largest absolute Gasteiger partial charge is 0.497 e. The first-order chi connectivity index (χ1) is 11.8. The maximum absolute atomic E-state index is 12.7. The third kappa shape index (κ3) is 3.02. The van der Waals surface area contributed by atoms with Gasteiger partial charge in [0.25, 0.3) is 0 Å². The molecule has 3 rings (SSSR count). The fraction of sp³-hybridized carbons (Fsp3) is 0.176. The zero-order valence-corrected chi connectivity index (χ0v) is 13.3. The van der Waals surface area contributed by atoms with Gasteiger partial charge in [-0.1, -0.05) is 0 Å². The summed E-state index contributed by atoms with van der Waals surface area (Å²) in [6, 6.07) is 9.47. The van der Waals surface area contributed by atoms with E-state index in [1.165, 1.54) is 31.0 Å². The molecule has 0 spiro atoms. The van der Waals surface area contributed by atoms with Gasteiger partial charge >= 0.3 is 12.1 Å². The summed E-state index contributed by atoms with van der Waals surface area (Å²) in [5.41, 5.74) is 0.221. The Morgan fingerprint density at radius 1 is 1.08 bits per heavy atom. The molecule has 0 aliphatic rings. The van der Waals surface area contributed by atoms with Crippen LogP contribution in [0.4, 0.5) is 13.2 Å². The Balaban J connectivity index is 2.17. The van der Waals surface area contributed by atoms with Crippen molar-refractivity contribution in [2.75, 3.05) is 14.2 Å². The molecule has 0 saturated carbocycles. The first-order valence-corrected chi connectivity index (χ1v) is 7.18. The molecular formula is C17H13F3N2O3. The average molecular weight is 350 g/mol. The number of halogens is 3. The zero-order chi connectivity index (χ0) is 18.2. The summed E-state index contributed by atoms with van der Waals surface area (Å²) in [5.74, 6) is -0.131. The SMILES string of the molecule is COC(=O)c1nn(-c2ccc(C(F)(F)F)cc2)c2ccc(OC)cc12. The second-order valence-corrected chi connectivity index (χ2v) is 5.18. The van der Waals surface area contributed by atoms with E-state index in [9.17, 15) is 18.0 Å². The highest BCUT2D eigenvalue weighted by Gasteiger charge is 2.30. The lowest BCUT2D eigenvalue weighted by Crippen LogP contribution is -2.06. The van der Waals surface area contributed by atoms with Gasteiger partial charge in [-0.15, -0.1) is 0 Å². The summed E-state index contributed by atoms with van der Waals surface area (Å²) >= 11 is 0. The number of carbonyl (C=O) groups excluding carboxylic acids is 1. The normalized spacial score (nSPS) is 11.6. The van der Waals surface area contributed by atoms with Crippen LogP contribution in [0.25, 0.3) is 16.6 Å². The second kappa shape index (κ2) is 6.12. The Kier molecular flexibility index (Phi) is 4.12. The molecule has 3 aromatic rings. The van der Waals surface area contributed by atoms with Gasteiger partial charge in [0, 0.05) is 5.39 Å². The van der Waals surface area contributed by atoms with E-state index in [0.29, 0.717) is 22.3 Å². The molecule has 0 saturated heterocycles. The van der Waals surface area contributed by atoms with E-state index in [-0.39, 0.29) is 5.69 Å². The second-order valence-electron chi connectivity index (χ2n) is 5.18. The van der Waals surface area contributed by atoms with E-state index < -0.39 is 17.7 Å². The van der Waals surface area contributed by atoms with Crippen molar-refractivity contribution in [3.05, 3.63) is 53.7 Å². The van der Waals surface area contributed by atoms with Crippen molar-refractivity contribution < 1.29 is 27.4 Å². The van der Waals surface area contributed by atoms with Crippen LogP contribution in [0.1, 0.15) is 16.1 Å². The molecule has 25 heavy (non-hydrogen) atoms. The summed E-state index contributed by atoms with van der Waals surface area (Å²) in [6.45, 7) is 0. The van der Waals surface area contributed by atoms with E-state index in [4.69, 9.17) is 9.47 Å². The minimum absolute atomic E-state index is 0.0521. The lowest BCUT2D eigenvalue weighted by Gasteiger charge is -2.08. The van der Waals surface area contributed by atoms with Gasteiger partial charge in [0.1, 0.15) is 5.75 Å². The maximum atomic E-state index is 12.7. The van der Waals surface area contributed by atoms with Crippen LogP contribution in [0.2, 0.25) is 0 Å². The summed E-state index contributed by atoms with van der Waals surface area (Å²) in [5, 5.41) is 4.68. The molecule has 0 N–H and O–H groups in total. The molecule has 2 aromatic carbocycles. The van der Waals surface area contributed by atoms with Crippen molar-refractivity contribution in [3.8, 4) is 11.4 Å². The number of ether oxygens (including phenoxy) is 2. The Morgan fingerprint density at radius 2 is 1.76 bits per heavy atom. The molecule has 0 atom stereocenters. The predicted octanol–water partition coefficient (Wildman–Crippen LogP) is 3.84. The minimum Gasteiger partial charge on any atom is -0.497 e. The number of alkyl halides is 3. The molecular weight excluding hydrogens is 337 g/mol. The molecule has 0 radical (unpaired) electrons. The number of hydrogen-bond donors (Lipinski definition) is 0. The average Bonchev–Trinajstić information content (AvgIpc) is 2.99. The van der Waals surface area contributed by atoms with E-state index in [2.05, 4.69) is 5.10 Å².